The van der Waals surface area contributed by atoms with Gasteiger partial charge in [0.2, 0.25) is 0 Å². The number of hydrogen-bond acceptors (Lipinski definition) is 3. The summed E-state index contributed by atoms with van der Waals surface area (Å²) in [5.74, 6) is -0.704. The average Bonchev–Trinajstić information content (AvgIpc) is 2.59. The standard InChI is InChI=1S/C17H17N3O2/c21-16(19-20-17(22)15-6-3-9-18-11-15)14-8-7-12-4-1-2-5-13(12)10-14/h3,6-11H,1-2,4-5H2,(H,19,21)(H,20,22). The number of nitrogens with one attached hydrogen (secondary N) is 2. The summed E-state index contributed by atoms with van der Waals surface area (Å²) in [7, 11) is 0. The molecule has 0 fully saturated rings. The van der Waals surface area contributed by atoms with Crippen molar-refractivity contribution in [1.29, 1.82) is 0 Å². The van der Waals surface area contributed by atoms with Crippen molar-refractivity contribution in [1.82, 2.24) is 15.8 Å². The summed E-state index contributed by atoms with van der Waals surface area (Å²) >= 11 is 0. The van der Waals surface area contributed by atoms with E-state index in [4.69, 9.17) is 0 Å². The fraction of sp³-hybridized carbons (Fsp3) is 0.235. The lowest BCUT2D eigenvalue weighted by atomic mass is 9.90. The first kappa shape index (κ1) is 14.3. The van der Waals surface area contributed by atoms with Crippen LogP contribution in [-0.4, -0.2) is 16.8 Å². The van der Waals surface area contributed by atoms with Gasteiger partial charge in [0.15, 0.2) is 0 Å². The molecular formula is C17H17N3O2. The highest BCUT2D eigenvalue weighted by Gasteiger charge is 2.13. The second-order valence-corrected chi connectivity index (χ2v) is 5.34. The molecule has 0 radical (unpaired) electrons. The van der Waals surface area contributed by atoms with Crippen LogP contribution in [0.3, 0.4) is 0 Å². The number of fused-ring (bicyclic) bond motifs is 1. The van der Waals surface area contributed by atoms with Crippen LogP contribution in [0.5, 0.6) is 0 Å². The van der Waals surface area contributed by atoms with E-state index in [1.165, 1.54) is 23.7 Å². The number of hydrogen-bond donors (Lipinski definition) is 2. The molecule has 2 aromatic rings. The van der Waals surface area contributed by atoms with Crippen molar-refractivity contribution in [2.45, 2.75) is 25.7 Å². The smallest absolute Gasteiger partial charge is 0.267 e. The molecule has 0 unspecified atom stereocenters. The van der Waals surface area contributed by atoms with E-state index in [0.717, 1.165) is 19.3 Å². The van der Waals surface area contributed by atoms with Crippen molar-refractivity contribution in [3.63, 3.8) is 0 Å². The number of carbonyl (C=O) groups excluding carboxylic acids is 2. The van der Waals surface area contributed by atoms with Crippen molar-refractivity contribution in [2.75, 3.05) is 0 Å². The first-order valence-electron chi connectivity index (χ1n) is 7.36. The fourth-order valence-electron chi connectivity index (χ4n) is 2.63. The van der Waals surface area contributed by atoms with E-state index in [0.29, 0.717) is 11.1 Å². The molecule has 1 aliphatic carbocycles. The second-order valence-electron chi connectivity index (χ2n) is 5.34. The Bertz CT molecular complexity index is 698. The summed E-state index contributed by atoms with van der Waals surface area (Å²) in [6, 6.07) is 9.02. The lowest BCUT2D eigenvalue weighted by Crippen LogP contribution is -2.41. The van der Waals surface area contributed by atoms with Crippen LogP contribution in [0.4, 0.5) is 0 Å². The zero-order valence-corrected chi connectivity index (χ0v) is 12.1. The largest absolute Gasteiger partial charge is 0.271 e. The molecule has 1 heterocycles. The van der Waals surface area contributed by atoms with Gasteiger partial charge in [-0.05, 0) is 61.1 Å². The van der Waals surface area contributed by atoms with Crippen molar-refractivity contribution in [3.05, 3.63) is 65.0 Å². The Kier molecular flexibility index (Phi) is 4.14. The topological polar surface area (TPSA) is 71.1 Å². The Morgan fingerprint density at radius 1 is 0.909 bits per heavy atom. The van der Waals surface area contributed by atoms with E-state index in [2.05, 4.69) is 15.8 Å². The Labute approximate surface area is 128 Å². The van der Waals surface area contributed by atoms with E-state index >= 15 is 0 Å². The average molecular weight is 295 g/mol. The molecule has 1 aromatic heterocycles. The lowest BCUT2D eigenvalue weighted by Gasteiger charge is -2.16. The number of pyridine rings is 1. The highest BCUT2D eigenvalue weighted by Crippen LogP contribution is 2.22. The van der Waals surface area contributed by atoms with Crippen LogP contribution in [0.25, 0.3) is 0 Å². The van der Waals surface area contributed by atoms with E-state index < -0.39 is 0 Å². The van der Waals surface area contributed by atoms with Crippen LogP contribution >= 0.6 is 0 Å². The molecule has 5 heteroatoms. The predicted molar refractivity (Wildman–Crippen MR) is 82.3 cm³/mol. The van der Waals surface area contributed by atoms with E-state index in [9.17, 15) is 9.59 Å². The number of carbonyl (C=O) groups is 2. The molecule has 5 nitrogen and oxygen atoms in total. The van der Waals surface area contributed by atoms with Crippen molar-refractivity contribution in [3.8, 4) is 0 Å². The molecule has 3 rings (SSSR count). The Morgan fingerprint density at radius 2 is 1.64 bits per heavy atom. The number of benzene rings is 1. The molecule has 22 heavy (non-hydrogen) atoms. The minimum Gasteiger partial charge on any atom is -0.267 e. The van der Waals surface area contributed by atoms with Crippen LogP contribution in [0.15, 0.2) is 42.7 Å². The SMILES string of the molecule is O=C(NNC(=O)c1ccc2c(c1)CCCC2)c1cccnc1. The number of aryl methyl sites for hydroxylation is 2. The first-order valence-corrected chi connectivity index (χ1v) is 7.36. The third-order valence-corrected chi connectivity index (χ3v) is 3.82. The molecule has 0 atom stereocenters. The van der Waals surface area contributed by atoms with Crippen LogP contribution in [0.1, 0.15) is 44.7 Å². The molecule has 2 N–H and O–H groups in total. The molecule has 0 bridgehead atoms. The van der Waals surface area contributed by atoms with Crippen molar-refractivity contribution >= 4 is 11.8 Å². The second kappa shape index (κ2) is 6.39. The summed E-state index contributed by atoms with van der Waals surface area (Å²) in [5.41, 5.74) is 8.35. The van der Waals surface area contributed by atoms with E-state index in [1.54, 1.807) is 24.4 Å². The summed E-state index contributed by atoms with van der Waals surface area (Å²) in [4.78, 5) is 27.8. The molecule has 0 saturated carbocycles. The normalized spacial score (nSPS) is 13.1. The van der Waals surface area contributed by atoms with Gasteiger partial charge < -0.3 is 0 Å². The van der Waals surface area contributed by atoms with Crippen LogP contribution in [0, 0.1) is 0 Å². The van der Waals surface area contributed by atoms with Gasteiger partial charge in [-0.1, -0.05) is 6.07 Å². The highest BCUT2D eigenvalue weighted by molar-refractivity contribution is 5.99. The number of hydrazine groups is 1. The zero-order chi connectivity index (χ0) is 15.4. The third kappa shape index (κ3) is 3.14. The molecule has 2 amide bonds. The Balaban J connectivity index is 1.64. The summed E-state index contributed by atoms with van der Waals surface area (Å²) in [6.07, 6.45) is 7.49. The number of rotatable bonds is 2. The summed E-state index contributed by atoms with van der Waals surface area (Å²) in [5, 5.41) is 0. The van der Waals surface area contributed by atoms with Gasteiger partial charge in [0, 0.05) is 18.0 Å². The highest BCUT2D eigenvalue weighted by atomic mass is 16.2. The lowest BCUT2D eigenvalue weighted by molar-refractivity contribution is 0.0846. The number of aromatic nitrogens is 1. The minimum absolute atomic E-state index is 0.314. The van der Waals surface area contributed by atoms with Gasteiger partial charge in [0.05, 0.1) is 5.56 Å². The van der Waals surface area contributed by atoms with Gasteiger partial charge in [-0.25, -0.2) is 0 Å². The molecule has 1 aliphatic rings. The summed E-state index contributed by atoms with van der Waals surface area (Å²) < 4.78 is 0. The Hall–Kier alpha value is -2.69. The summed E-state index contributed by atoms with van der Waals surface area (Å²) in [6.45, 7) is 0. The van der Waals surface area contributed by atoms with Gasteiger partial charge in [0.1, 0.15) is 0 Å². The van der Waals surface area contributed by atoms with Crippen molar-refractivity contribution < 1.29 is 9.59 Å². The molecule has 0 aliphatic heterocycles. The molecule has 0 spiro atoms. The first-order chi connectivity index (χ1) is 10.7. The quantitative estimate of drug-likeness (QED) is 0.833. The predicted octanol–water partition coefficient (Wildman–Crippen LogP) is 2.04. The van der Waals surface area contributed by atoms with Gasteiger partial charge in [0.25, 0.3) is 11.8 Å². The van der Waals surface area contributed by atoms with Crippen molar-refractivity contribution in [2.24, 2.45) is 0 Å². The van der Waals surface area contributed by atoms with E-state index in [-0.39, 0.29) is 11.8 Å². The Morgan fingerprint density at radius 3 is 2.36 bits per heavy atom. The van der Waals surface area contributed by atoms with Crippen LogP contribution < -0.4 is 10.9 Å². The van der Waals surface area contributed by atoms with Crippen LogP contribution in [-0.2, 0) is 12.8 Å². The van der Waals surface area contributed by atoms with Gasteiger partial charge in [-0.2, -0.15) is 0 Å². The van der Waals surface area contributed by atoms with E-state index in [1.807, 2.05) is 12.1 Å². The maximum atomic E-state index is 12.1. The maximum absolute atomic E-state index is 12.1. The van der Waals surface area contributed by atoms with Gasteiger partial charge in [-0.3, -0.25) is 25.4 Å². The number of nitrogens with zero attached hydrogens (tertiary/aromatic N) is 1. The van der Waals surface area contributed by atoms with Gasteiger partial charge in [-0.15, -0.1) is 0 Å². The van der Waals surface area contributed by atoms with Crippen LogP contribution in [0.2, 0.25) is 0 Å². The molecule has 0 saturated heterocycles. The molecule has 112 valence electrons. The van der Waals surface area contributed by atoms with Gasteiger partial charge >= 0.3 is 0 Å². The zero-order valence-electron chi connectivity index (χ0n) is 12.1. The fourth-order valence-corrected chi connectivity index (χ4v) is 2.63. The maximum Gasteiger partial charge on any atom is 0.271 e. The molecule has 1 aromatic carbocycles. The molecular weight excluding hydrogens is 278 g/mol. The monoisotopic (exact) mass is 295 g/mol. The third-order valence-electron chi connectivity index (χ3n) is 3.82. The minimum atomic E-state index is -0.389. The number of amides is 2.